The third kappa shape index (κ3) is 4.18. The van der Waals surface area contributed by atoms with Gasteiger partial charge in [-0.1, -0.05) is 30.3 Å². The average molecular weight is 426 g/mol. The van der Waals surface area contributed by atoms with Crippen molar-refractivity contribution in [3.63, 3.8) is 0 Å². The smallest absolute Gasteiger partial charge is 0.255 e. The Morgan fingerprint density at radius 3 is 2.67 bits per heavy atom. The molecule has 2 atom stereocenters. The van der Waals surface area contributed by atoms with Crippen LogP contribution in [0.1, 0.15) is 28.0 Å². The number of carbonyl (C=O) groups is 1. The van der Waals surface area contributed by atoms with Crippen molar-refractivity contribution in [3.8, 4) is 11.4 Å². The normalized spacial score (nSPS) is 20.8. The van der Waals surface area contributed by atoms with E-state index in [1.54, 1.807) is 19.3 Å². The van der Waals surface area contributed by atoms with Gasteiger partial charge in [-0.25, -0.2) is 9.97 Å². The van der Waals surface area contributed by atoms with E-state index in [-0.39, 0.29) is 18.3 Å². The van der Waals surface area contributed by atoms with Crippen molar-refractivity contribution < 1.29 is 9.90 Å². The van der Waals surface area contributed by atoms with Crippen LogP contribution in [-0.2, 0) is 5.54 Å². The lowest BCUT2D eigenvalue weighted by atomic mass is 9.79. The number of aromatic nitrogens is 3. The van der Waals surface area contributed by atoms with Gasteiger partial charge in [0.25, 0.3) is 5.91 Å². The summed E-state index contributed by atoms with van der Waals surface area (Å²) in [5, 5.41) is 17.1. The molecule has 0 saturated carbocycles. The van der Waals surface area contributed by atoms with E-state index < -0.39 is 11.6 Å². The fraction of sp³-hybridized carbons (Fsp3) is 0.273. The van der Waals surface area contributed by atoms with Crippen LogP contribution in [0.25, 0.3) is 11.4 Å². The van der Waals surface area contributed by atoms with Crippen molar-refractivity contribution >= 4 is 18.3 Å². The van der Waals surface area contributed by atoms with Gasteiger partial charge >= 0.3 is 0 Å². The molecule has 0 radical (unpaired) electrons. The van der Waals surface area contributed by atoms with Crippen LogP contribution in [-0.4, -0.2) is 45.2 Å². The van der Waals surface area contributed by atoms with Crippen LogP contribution in [0.3, 0.4) is 0 Å². The molecule has 7 nitrogen and oxygen atoms in total. The summed E-state index contributed by atoms with van der Waals surface area (Å²) in [6.07, 6.45) is 4.73. The first-order valence-electron chi connectivity index (χ1n) is 9.61. The molecule has 1 aliphatic heterocycles. The lowest BCUT2D eigenvalue weighted by Crippen LogP contribution is -2.61. The van der Waals surface area contributed by atoms with E-state index in [2.05, 4.69) is 25.6 Å². The van der Waals surface area contributed by atoms with Crippen molar-refractivity contribution in [2.45, 2.75) is 25.0 Å². The number of halogens is 1. The van der Waals surface area contributed by atoms with Crippen molar-refractivity contribution in [2.24, 2.45) is 0 Å². The van der Waals surface area contributed by atoms with Gasteiger partial charge in [0, 0.05) is 30.7 Å². The summed E-state index contributed by atoms with van der Waals surface area (Å²) >= 11 is 0. The number of amides is 1. The molecule has 1 amide bonds. The summed E-state index contributed by atoms with van der Waals surface area (Å²) in [7, 11) is 0. The standard InChI is InChI=1S/C22H23N5O2.ClH/c1-15-18(13-25-20(26-15)16-6-5-10-23-12-16)21(29)27-22(9-11-24-14-19(22)28)17-7-3-2-4-8-17;/h2-8,10,12-13,19,24,28H,9,11,14H2,1H3,(H,27,29);1H/t19-,22+;/m1./s1. The second-order valence-electron chi connectivity index (χ2n) is 7.20. The summed E-state index contributed by atoms with van der Waals surface area (Å²) < 4.78 is 0. The lowest BCUT2D eigenvalue weighted by Gasteiger charge is -2.43. The van der Waals surface area contributed by atoms with E-state index in [4.69, 9.17) is 0 Å². The number of carbonyl (C=O) groups excluding carboxylic acids is 1. The first-order valence-corrected chi connectivity index (χ1v) is 9.61. The lowest BCUT2D eigenvalue weighted by molar-refractivity contribution is 0.0289. The molecule has 1 aromatic carbocycles. The number of rotatable bonds is 4. The van der Waals surface area contributed by atoms with Gasteiger partial charge in [-0.05, 0) is 37.6 Å². The topological polar surface area (TPSA) is 100 Å². The van der Waals surface area contributed by atoms with Crippen LogP contribution in [0.4, 0.5) is 0 Å². The Kier molecular flexibility index (Phi) is 6.77. The molecule has 8 heteroatoms. The van der Waals surface area contributed by atoms with Crippen LogP contribution in [0, 0.1) is 6.92 Å². The fourth-order valence-corrected chi connectivity index (χ4v) is 3.75. The number of pyridine rings is 1. The highest BCUT2D eigenvalue weighted by Gasteiger charge is 2.43. The summed E-state index contributed by atoms with van der Waals surface area (Å²) in [5.74, 6) is 0.219. The maximum absolute atomic E-state index is 13.2. The zero-order valence-electron chi connectivity index (χ0n) is 16.6. The first-order chi connectivity index (χ1) is 14.1. The molecule has 0 spiro atoms. The Bertz CT molecular complexity index is 1000. The summed E-state index contributed by atoms with van der Waals surface area (Å²) in [5.41, 5.74) is 1.77. The van der Waals surface area contributed by atoms with Crippen LogP contribution in [0.5, 0.6) is 0 Å². The number of piperidine rings is 1. The van der Waals surface area contributed by atoms with Gasteiger partial charge in [-0.2, -0.15) is 0 Å². The molecule has 2 aromatic heterocycles. The van der Waals surface area contributed by atoms with Crippen LogP contribution < -0.4 is 10.6 Å². The average Bonchev–Trinajstić information content (AvgIpc) is 2.76. The molecular weight excluding hydrogens is 402 g/mol. The highest BCUT2D eigenvalue weighted by Crippen LogP contribution is 2.31. The number of hydrogen-bond donors (Lipinski definition) is 3. The third-order valence-corrected chi connectivity index (χ3v) is 5.37. The zero-order chi connectivity index (χ0) is 20.3. The Labute approximate surface area is 181 Å². The maximum atomic E-state index is 13.2. The second kappa shape index (κ2) is 9.30. The van der Waals surface area contributed by atoms with E-state index in [1.165, 1.54) is 6.20 Å². The fourth-order valence-electron chi connectivity index (χ4n) is 3.75. The molecule has 4 rings (SSSR count). The van der Waals surface area contributed by atoms with Gasteiger partial charge < -0.3 is 15.7 Å². The quantitative estimate of drug-likeness (QED) is 0.592. The number of benzene rings is 1. The van der Waals surface area contributed by atoms with Crippen molar-refractivity contribution in [3.05, 3.63) is 77.9 Å². The Balaban J connectivity index is 0.00000256. The number of nitrogens with one attached hydrogen (secondary N) is 2. The number of aryl methyl sites for hydroxylation is 1. The van der Waals surface area contributed by atoms with E-state index >= 15 is 0 Å². The molecule has 1 aliphatic rings. The first kappa shape index (κ1) is 21.8. The SMILES string of the molecule is Cc1nc(-c2cccnc2)ncc1C(=O)N[C@]1(c2ccccc2)CCNC[C@H]1O.Cl. The number of hydrogen-bond acceptors (Lipinski definition) is 6. The van der Waals surface area contributed by atoms with Crippen molar-refractivity contribution in [1.29, 1.82) is 0 Å². The molecule has 3 aromatic rings. The van der Waals surface area contributed by atoms with Crippen molar-refractivity contribution in [1.82, 2.24) is 25.6 Å². The minimum atomic E-state index is -0.863. The van der Waals surface area contributed by atoms with E-state index in [1.807, 2.05) is 42.5 Å². The zero-order valence-corrected chi connectivity index (χ0v) is 17.4. The molecule has 1 fully saturated rings. The highest BCUT2D eigenvalue weighted by molar-refractivity contribution is 5.95. The number of β-amino-alcohol motifs (C(OH)–C–C–N with tert-alkyl or cyclic N) is 1. The van der Waals surface area contributed by atoms with E-state index in [0.29, 0.717) is 36.6 Å². The maximum Gasteiger partial charge on any atom is 0.255 e. The second-order valence-corrected chi connectivity index (χ2v) is 7.20. The molecule has 0 aliphatic carbocycles. The number of nitrogens with zero attached hydrogens (tertiary/aromatic N) is 3. The minimum absolute atomic E-state index is 0. The predicted octanol–water partition coefficient (Wildman–Crippen LogP) is 2.25. The summed E-state index contributed by atoms with van der Waals surface area (Å²) in [6, 6.07) is 13.3. The van der Waals surface area contributed by atoms with Gasteiger partial charge in [0.2, 0.25) is 0 Å². The molecule has 3 heterocycles. The molecule has 3 N–H and O–H groups in total. The largest absolute Gasteiger partial charge is 0.389 e. The van der Waals surface area contributed by atoms with Crippen LogP contribution in [0.15, 0.2) is 61.1 Å². The predicted molar refractivity (Wildman–Crippen MR) is 116 cm³/mol. The molecule has 30 heavy (non-hydrogen) atoms. The van der Waals surface area contributed by atoms with Crippen LogP contribution in [0.2, 0.25) is 0 Å². The Morgan fingerprint density at radius 1 is 1.20 bits per heavy atom. The molecule has 0 bridgehead atoms. The van der Waals surface area contributed by atoms with Gasteiger partial charge in [-0.15, -0.1) is 12.4 Å². The number of aliphatic hydroxyl groups excluding tert-OH is 1. The van der Waals surface area contributed by atoms with Crippen molar-refractivity contribution in [2.75, 3.05) is 13.1 Å². The highest BCUT2D eigenvalue weighted by atomic mass is 35.5. The Hall–Kier alpha value is -2.87. The molecule has 0 unspecified atom stereocenters. The number of aliphatic hydroxyl groups is 1. The minimum Gasteiger partial charge on any atom is -0.389 e. The monoisotopic (exact) mass is 425 g/mol. The van der Waals surface area contributed by atoms with Gasteiger partial charge in [0.05, 0.1) is 22.9 Å². The molecule has 1 saturated heterocycles. The molecule has 156 valence electrons. The van der Waals surface area contributed by atoms with Gasteiger partial charge in [0.1, 0.15) is 0 Å². The molecular formula is C22H24ClN5O2. The summed E-state index contributed by atoms with van der Waals surface area (Å²) in [6.45, 7) is 2.89. The van der Waals surface area contributed by atoms with E-state index in [9.17, 15) is 9.90 Å². The Morgan fingerprint density at radius 2 is 2.00 bits per heavy atom. The summed E-state index contributed by atoms with van der Waals surface area (Å²) in [4.78, 5) is 26.1. The third-order valence-electron chi connectivity index (χ3n) is 5.37. The van der Waals surface area contributed by atoms with Gasteiger partial charge in [-0.3, -0.25) is 9.78 Å². The van der Waals surface area contributed by atoms with E-state index in [0.717, 1.165) is 11.1 Å². The van der Waals surface area contributed by atoms with Crippen LogP contribution >= 0.6 is 12.4 Å². The van der Waals surface area contributed by atoms with Gasteiger partial charge in [0.15, 0.2) is 5.82 Å².